The second kappa shape index (κ2) is 8.85. The molecule has 0 aliphatic carbocycles. The zero-order valence-electron chi connectivity index (χ0n) is 15.8. The minimum Gasteiger partial charge on any atom is -0.490 e. The topological polar surface area (TPSA) is 85.2 Å². The Labute approximate surface area is 163 Å². The SMILES string of the molecule is CC(C)Oc1ccccc1C(=O)NCC(=O)Nc1ccc(-n2cccn2)cc1. The Morgan fingerprint density at radius 3 is 2.50 bits per heavy atom. The van der Waals surface area contributed by atoms with E-state index in [2.05, 4.69) is 15.7 Å². The molecule has 0 radical (unpaired) electrons. The molecule has 3 rings (SSSR count). The number of anilines is 1. The molecule has 28 heavy (non-hydrogen) atoms. The Hall–Kier alpha value is -3.61. The van der Waals surface area contributed by atoms with Crippen LogP contribution in [0.25, 0.3) is 5.69 Å². The number of para-hydroxylation sites is 1. The van der Waals surface area contributed by atoms with E-state index in [1.807, 2.05) is 38.2 Å². The first kappa shape index (κ1) is 19.2. The van der Waals surface area contributed by atoms with Crippen LogP contribution in [0.15, 0.2) is 67.0 Å². The summed E-state index contributed by atoms with van der Waals surface area (Å²) in [6.45, 7) is 3.63. The molecule has 1 heterocycles. The van der Waals surface area contributed by atoms with E-state index in [0.29, 0.717) is 17.0 Å². The fraction of sp³-hybridized carbons (Fsp3) is 0.190. The number of amides is 2. The molecule has 0 spiro atoms. The second-order valence-electron chi connectivity index (χ2n) is 6.39. The summed E-state index contributed by atoms with van der Waals surface area (Å²) in [5.41, 5.74) is 1.92. The highest BCUT2D eigenvalue weighted by atomic mass is 16.5. The van der Waals surface area contributed by atoms with Gasteiger partial charge in [-0.2, -0.15) is 5.10 Å². The average molecular weight is 378 g/mol. The van der Waals surface area contributed by atoms with Gasteiger partial charge in [0.2, 0.25) is 5.91 Å². The highest BCUT2D eigenvalue weighted by Crippen LogP contribution is 2.19. The smallest absolute Gasteiger partial charge is 0.255 e. The van der Waals surface area contributed by atoms with Gasteiger partial charge in [0.05, 0.1) is 23.9 Å². The quantitative estimate of drug-likeness (QED) is 0.662. The Morgan fingerprint density at radius 2 is 1.82 bits per heavy atom. The summed E-state index contributed by atoms with van der Waals surface area (Å²) in [7, 11) is 0. The van der Waals surface area contributed by atoms with Crippen LogP contribution in [0.4, 0.5) is 5.69 Å². The van der Waals surface area contributed by atoms with Crippen molar-refractivity contribution < 1.29 is 14.3 Å². The molecule has 1 aromatic heterocycles. The number of aromatic nitrogens is 2. The largest absolute Gasteiger partial charge is 0.490 e. The van der Waals surface area contributed by atoms with E-state index >= 15 is 0 Å². The molecule has 2 aromatic carbocycles. The van der Waals surface area contributed by atoms with E-state index in [1.165, 1.54) is 0 Å². The monoisotopic (exact) mass is 378 g/mol. The van der Waals surface area contributed by atoms with E-state index in [9.17, 15) is 9.59 Å². The van der Waals surface area contributed by atoms with E-state index in [-0.39, 0.29) is 24.5 Å². The van der Waals surface area contributed by atoms with Gasteiger partial charge in [0, 0.05) is 18.1 Å². The fourth-order valence-corrected chi connectivity index (χ4v) is 2.59. The first-order chi connectivity index (χ1) is 13.5. The predicted octanol–water partition coefficient (Wildman–Crippen LogP) is 3.03. The Bertz CT molecular complexity index is 935. The van der Waals surface area contributed by atoms with Crippen molar-refractivity contribution in [1.29, 1.82) is 0 Å². The van der Waals surface area contributed by atoms with Crippen LogP contribution in [0, 0.1) is 0 Å². The van der Waals surface area contributed by atoms with Crippen molar-refractivity contribution in [3.63, 3.8) is 0 Å². The molecule has 0 unspecified atom stereocenters. The molecule has 0 saturated carbocycles. The molecular formula is C21H22N4O3. The molecule has 0 fully saturated rings. The van der Waals surface area contributed by atoms with Crippen LogP contribution in [-0.4, -0.2) is 34.2 Å². The summed E-state index contributed by atoms with van der Waals surface area (Å²) in [5, 5.41) is 9.53. The van der Waals surface area contributed by atoms with Gasteiger partial charge in [-0.05, 0) is 56.3 Å². The minimum atomic E-state index is -0.361. The van der Waals surface area contributed by atoms with Crippen LogP contribution in [0.3, 0.4) is 0 Å². The first-order valence-electron chi connectivity index (χ1n) is 8.97. The molecule has 0 saturated heterocycles. The zero-order chi connectivity index (χ0) is 19.9. The highest BCUT2D eigenvalue weighted by Gasteiger charge is 2.14. The van der Waals surface area contributed by atoms with Crippen molar-refractivity contribution in [1.82, 2.24) is 15.1 Å². The molecular weight excluding hydrogens is 356 g/mol. The molecule has 2 N–H and O–H groups in total. The van der Waals surface area contributed by atoms with Crippen LogP contribution in [0.2, 0.25) is 0 Å². The van der Waals surface area contributed by atoms with E-state index in [0.717, 1.165) is 5.69 Å². The number of benzene rings is 2. The maximum atomic E-state index is 12.4. The summed E-state index contributed by atoms with van der Waals surface area (Å²) in [4.78, 5) is 24.5. The predicted molar refractivity (Wildman–Crippen MR) is 107 cm³/mol. The molecule has 7 nitrogen and oxygen atoms in total. The highest BCUT2D eigenvalue weighted by molar-refractivity contribution is 6.00. The lowest BCUT2D eigenvalue weighted by molar-refractivity contribution is -0.115. The van der Waals surface area contributed by atoms with Crippen LogP contribution in [0.1, 0.15) is 24.2 Å². The number of carbonyl (C=O) groups excluding carboxylic acids is 2. The van der Waals surface area contributed by atoms with Gasteiger partial charge in [-0.15, -0.1) is 0 Å². The standard InChI is InChI=1S/C21H22N4O3/c1-15(2)28-19-7-4-3-6-18(19)21(27)22-14-20(26)24-16-8-10-17(11-9-16)25-13-5-12-23-25/h3-13,15H,14H2,1-2H3,(H,22,27)(H,24,26). The Balaban J connectivity index is 1.55. The third-order valence-corrected chi connectivity index (χ3v) is 3.82. The number of nitrogens with one attached hydrogen (secondary N) is 2. The normalized spacial score (nSPS) is 10.5. The van der Waals surface area contributed by atoms with Crippen LogP contribution in [-0.2, 0) is 4.79 Å². The molecule has 0 bridgehead atoms. The lowest BCUT2D eigenvalue weighted by Crippen LogP contribution is -2.33. The van der Waals surface area contributed by atoms with Crippen molar-refractivity contribution in [2.75, 3.05) is 11.9 Å². The summed E-state index contributed by atoms with van der Waals surface area (Å²) in [6, 6.07) is 16.0. The summed E-state index contributed by atoms with van der Waals surface area (Å²) in [6.07, 6.45) is 3.48. The number of hydrogen-bond donors (Lipinski definition) is 2. The lowest BCUT2D eigenvalue weighted by atomic mass is 10.2. The van der Waals surface area contributed by atoms with Gasteiger partial charge in [0.15, 0.2) is 0 Å². The van der Waals surface area contributed by atoms with Gasteiger partial charge in [-0.3, -0.25) is 9.59 Å². The zero-order valence-corrected chi connectivity index (χ0v) is 15.8. The van der Waals surface area contributed by atoms with Gasteiger partial charge in [0.25, 0.3) is 5.91 Å². The van der Waals surface area contributed by atoms with Gasteiger partial charge in [0.1, 0.15) is 5.75 Å². The molecule has 0 aliphatic heterocycles. The molecule has 144 valence electrons. The summed E-state index contributed by atoms with van der Waals surface area (Å²) in [5.74, 6) is -0.188. The van der Waals surface area contributed by atoms with Crippen molar-refractivity contribution in [3.8, 4) is 11.4 Å². The maximum absolute atomic E-state index is 12.4. The van der Waals surface area contributed by atoms with E-state index < -0.39 is 0 Å². The maximum Gasteiger partial charge on any atom is 0.255 e. The van der Waals surface area contributed by atoms with Crippen LogP contribution >= 0.6 is 0 Å². The summed E-state index contributed by atoms with van der Waals surface area (Å²) >= 11 is 0. The third-order valence-electron chi connectivity index (χ3n) is 3.82. The van der Waals surface area contributed by atoms with Crippen LogP contribution in [0.5, 0.6) is 5.75 Å². The molecule has 2 amide bonds. The average Bonchev–Trinajstić information content (AvgIpc) is 3.21. The minimum absolute atomic E-state index is 0.0537. The summed E-state index contributed by atoms with van der Waals surface area (Å²) < 4.78 is 7.37. The number of carbonyl (C=O) groups is 2. The van der Waals surface area contributed by atoms with Gasteiger partial charge >= 0.3 is 0 Å². The van der Waals surface area contributed by atoms with Crippen molar-refractivity contribution in [2.24, 2.45) is 0 Å². The van der Waals surface area contributed by atoms with Crippen molar-refractivity contribution >= 4 is 17.5 Å². The number of ether oxygens (including phenoxy) is 1. The second-order valence-corrected chi connectivity index (χ2v) is 6.39. The van der Waals surface area contributed by atoms with Crippen LogP contribution < -0.4 is 15.4 Å². The van der Waals surface area contributed by atoms with Gasteiger partial charge in [-0.1, -0.05) is 12.1 Å². The first-order valence-corrected chi connectivity index (χ1v) is 8.97. The van der Waals surface area contributed by atoms with Crippen molar-refractivity contribution in [3.05, 3.63) is 72.6 Å². The van der Waals surface area contributed by atoms with Gasteiger partial charge in [-0.25, -0.2) is 4.68 Å². The van der Waals surface area contributed by atoms with Crippen molar-refractivity contribution in [2.45, 2.75) is 20.0 Å². The Morgan fingerprint density at radius 1 is 1.07 bits per heavy atom. The third kappa shape index (κ3) is 4.97. The lowest BCUT2D eigenvalue weighted by Gasteiger charge is -2.14. The number of nitrogens with zero attached hydrogens (tertiary/aromatic N) is 2. The number of hydrogen-bond acceptors (Lipinski definition) is 4. The fourth-order valence-electron chi connectivity index (χ4n) is 2.59. The molecule has 7 heteroatoms. The van der Waals surface area contributed by atoms with E-state index in [4.69, 9.17) is 4.74 Å². The number of rotatable bonds is 7. The molecule has 0 atom stereocenters. The van der Waals surface area contributed by atoms with E-state index in [1.54, 1.807) is 47.3 Å². The van der Waals surface area contributed by atoms with Gasteiger partial charge < -0.3 is 15.4 Å². The Kier molecular flexibility index (Phi) is 6.06. The molecule has 3 aromatic rings. The molecule has 0 aliphatic rings.